The van der Waals surface area contributed by atoms with Crippen molar-refractivity contribution in [1.29, 1.82) is 0 Å². The van der Waals surface area contributed by atoms with Crippen LogP contribution in [0.2, 0.25) is 5.02 Å². The number of halogens is 4. The summed E-state index contributed by atoms with van der Waals surface area (Å²) in [5.41, 5.74) is 0.218. The molecule has 1 saturated carbocycles. The fourth-order valence-electron chi connectivity index (χ4n) is 3.02. The topological polar surface area (TPSA) is 12.0 Å². The normalized spacial score (nSPS) is 30.3. The fraction of sp³-hybridized carbons (Fsp3) is 0.538. The van der Waals surface area contributed by atoms with Crippen molar-refractivity contribution in [3.63, 3.8) is 0 Å². The predicted molar refractivity (Wildman–Crippen MR) is 63.6 cm³/mol. The first-order chi connectivity index (χ1) is 8.41. The van der Waals surface area contributed by atoms with Gasteiger partial charge in [0, 0.05) is 6.54 Å². The number of fused-ring (bicyclic) bond motifs is 1. The Labute approximate surface area is 108 Å². The first kappa shape index (κ1) is 12.3. The second kappa shape index (κ2) is 3.87. The van der Waals surface area contributed by atoms with E-state index in [-0.39, 0.29) is 10.4 Å². The van der Waals surface area contributed by atoms with Gasteiger partial charge in [-0.1, -0.05) is 17.7 Å². The predicted octanol–water partition coefficient (Wildman–Crippen LogP) is 3.51. The molecule has 0 spiro atoms. The maximum atomic E-state index is 12.8. The van der Waals surface area contributed by atoms with E-state index in [9.17, 15) is 13.2 Å². The first-order valence-electron chi connectivity index (χ1n) is 5.97. The van der Waals surface area contributed by atoms with Crippen molar-refractivity contribution >= 4 is 11.6 Å². The SMILES string of the molecule is FC(F)(F)c1cc(C[C@]23CNC[C@H]2C3)ccc1Cl. The Balaban J connectivity index is 1.85. The summed E-state index contributed by atoms with van der Waals surface area (Å²) in [5.74, 6) is 0.641. The van der Waals surface area contributed by atoms with E-state index < -0.39 is 11.7 Å². The number of hydrogen-bond acceptors (Lipinski definition) is 1. The third-order valence-corrected chi connectivity index (χ3v) is 4.45. The number of alkyl halides is 3. The number of rotatable bonds is 2. The average molecular weight is 276 g/mol. The Kier molecular flexibility index (Phi) is 2.65. The maximum Gasteiger partial charge on any atom is 0.417 e. The number of hydrogen-bond donors (Lipinski definition) is 1. The summed E-state index contributed by atoms with van der Waals surface area (Å²) in [5, 5.41) is 3.07. The van der Waals surface area contributed by atoms with E-state index in [0.717, 1.165) is 25.1 Å². The highest BCUT2D eigenvalue weighted by molar-refractivity contribution is 6.31. The van der Waals surface area contributed by atoms with Gasteiger partial charge < -0.3 is 5.32 Å². The first-order valence-corrected chi connectivity index (χ1v) is 6.35. The Bertz CT molecular complexity index is 486. The van der Waals surface area contributed by atoms with Gasteiger partial charge in [-0.15, -0.1) is 0 Å². The van der Waals surface area contributed by atoms with Gasteiger partial charge in [-0.25, -0.2) is 0 Å². The van der Waals surface area contributed by atoms with Crippen LogP contribution in [0.4, 0.5) is 13.2 Å². The quantitative estimate of drug-likeness (QED) is 0.871. The smallest absolute Gasteiger partial charge is 0.316 e. The molecule has 0 unspecified atom stereocenters. The van der Waals surface area contributed by atoms with Crippen molar-refractivity contribution in [2.24, 2.45) is 11.3 Å². The van der Waals surface area contributed by atoms with Crippen molar-refractivity contribution in [3.05, 3.63) is 34.3 Å². The highest BCUT2D eigenvalue weighted by Crippen LogP contribution is 2.57. The second-order valence-electron chi connectivity index (χ2n) is 5.38. The van der Waals surface area contributed by atoms with Gasteiger partial charge in [0.1, 0.15) is 0 Å². The third kappa shape index (κ3) is 2.01. The van der Waals surface area contributed by atoms with E-state index >= 15 is 0 Å². The van der Waals surface area contributed by atoms with E-state index in [1.807, 2.05) is 0 Å². The summed E-state index contributed by atoms with van der Waals surface area (Å²) < 4.78 is 38.3. The number of benzene rings is 1. The Morgan fingerprint density at radius 2 is 2.17 bits per heavy atom. The lowest BCUT2D eigenvalue weighted by Crippen LogP contribution is -2.18. The standard InChI is InChI=1S/C13H13ClF3N/c14-11-2-1-8(3-10(11)13(15,16)17)4-12-5-9(12)6-18-7-12/h1-3,9,18H,4-7H2/t9-,12+/m1/s1. The van der Waals surface area contributed by atoms with Crippen LogP contribution in [0.25, 0.3) is 0 Å². The van der Waals surface area contributed by atoms with Gasteiger partial charge in [0.2, 0.25) is 0 Å². The van der Waals surface area contributed by atoms with Crippen molar-refractivity contribution in [2.45, 2.75) is 19.0 Å². The molecule has 98 valence electrons. The van der Waals surface area contributed by atoms with Crippen LogP contribution in [0, 0.1) is 11.3 Å². The molecule has 2 aliphatic rings. The van der Waals surface area contributed by atoms with Gasteiger partial charge in [0.05, 0.1) is 10.6 Å². The maximum absolute atomic E-state index is 12.8. The molecule has 3 rings (SSSR count). The molecule has 1 aromatic rings. The molecular weight excluding hydrogens is 263 g/mol. The molecule has 1 saturated heterocycles. The molecule has 1 heterocycles. The fourth-order valence-corrected chi connectivity index (χ4v) is 3.24. The zero-order chi connectivity index (χ0) is 13.0. The summed E-state index contributed by atoms with van der Waals surface area (Å²) in [4.78, 5) is 0. The minimum atomic E-state index is -4.37. The lowest BCUT2D eigenvalue weighted by atomic mass is 9.94. The van der Waals surface area contributed by atoms with Crippen LogP contribution in [0.1, 0.15) is 17.5 Å². The molecule has 2 atom stereocenters. The van der Waals surface area contributed by atoms with Crippen LogP contribution < -0.4 is 5.32 Å². The van der Waals surface area contributed by atoms with Crippen molar-refractivity contribution < 1.29 is 13.2 Å². The largest absolute Gasteiger partial charge is 0.417 e. The zero-order valence-electron chi connectivity index (χ0n) is 9.65. The molecule has 1 aromatic carbocycles. The minimum Gasteiger partial charge on any atom is -0.316 e. The van der Waals surface area contributed by atoms with Crippen molar-refractivity contribution in [1.82, 2.24) is 5.32 Å². The summed E-state index contributed by atoms with van der Waals surface area (Å²) >= 11 is 5.61. The monoisotopic (exact) mass is 275 g/mol. The van der Waals surface area contributed by atoms with E-state index in [1.165, 1.54) is 12.1 Å². The van der Waals surface area contributed by atoms with Gasteiger partial charge in [-0.2, -0.15) is 13.2 Å². The number of nitrogens with one attached hydrogen (secondary N) is 1. The molecule has 1 N–H and O–H groups in total. The van der Waals surface area contributed by atoms with E-state index in [2.05, 4.69) is 5.32 Å². The van der Waals surface area contributed by atoms with Crippen molar-refractivity contribution in [2.75, 3.05) is 13.1 Å². The third-order valence-electron chi connectivity index (χ3n) is 4.12. The van der Waals surface area contributed by atoms with Gasteiger partial charge in [-0.3, -0.25) is 0 Å². The van der Waals surface area contributed by atoms with Crippen LogP contribution in [0.3, 0.4) is 0 Å². The molecule has 1 aliphatic heterocycles. The highest BCUT2D eigenvalue weighted by Gasteiger charge is 2.56. The molecule has 0 aromatic heterocycles. The molecule has 18 heavy (non-hydrogen) atoms. The van der Waals surface area contributed by atoms with Crippen LogP contribution in [0.15, 0.2) is 18.2 Å². The Morgan fingerprint density at radius 1 is 1.39 bits per heavy atom. The summed E-state index contributed by atoms with van der Waals surface area (Å²) in [6, 6.07) is 4.26. The van der Waals surface area contributed by atoms with Crippen molar-refractivity contribution in [3.8, 4) is 0 Å². The molecular formula is C13H13ClF3N. The second-order valence-corrected chi connectivity index (χ2v) is 5.79. The molecule has 1 nitrogen and oxygen atoms in total. The van der Waals surface area contributed by atoms with Gasteiger partial charge >= 0.3 is 6.18 Å². The van der Waals surface area contributed by atoms with Gasteiger partial charge in [-0.05, 0) is 48.4 Å². The van der Waals surface area contributed by atoms with Gasteiger partial charge in [0.25, 0.3) is 0 Å². The Morgan fingerprint density at radius 3 is 2.72 bits per heavy atom. The van der Waals surface area contributed by atoms with Crippen LogP contribution in [-0.4, -0.2) is 13.1 Å². The highest BCUT2D eigenvalue weighted by atomic mass is 35.5. The summed E-state index contributed by atoms with van der Waals surface area (Å²) in [6.45, 7) is 1.92. The lowest BCUT2D eigenvalue weighted by molar-refractivity contribution is -0.137. The van der Waals surface area contributed by atoms with E-state index in [4.69, 9.17) is 11.6 Å². The molecule has 1 aliphatic carbocycles. The zero-order valence-corrected chi connectivity index (χ0v) is 10.4. The summed E-state index contributed by atoms with van der Waals surface area (Å²) in [7, 11) is 0. The van der Waals surface area contributed by atoms with E-state index in [0.29, 0.717) is 12.3 Å². The van der Waals surface area contributed by atoms with Crippen LogP contribution >= 0.6 is 11.6 Å². The minimum absolute atomic E-state index is 0.205. The average Bonchev–Trinajstić information content (AvgIpc) is 2.81. The van der Waals surface area contributed by atoms with Gasteiger partial charge in [0.15, 0.2) is 0 Å². The summed E-state index contributed by atoms with van der Waals surface area (Å²) in [6.07, 6.45) is -2.53. The number of piperidine rings is 1. The molecule has 2 fully saturated rings. The Hall–Kier alpha value is -0.740. The van der Waals surface area contributed by atoms with Crippen LogP contribution in [0.5, 0.6) is 0 Å². The molecule has 0 radical (unpaired) electrons. The molecule has 5 heteroatoms. The molecule has 0 amide bonds. The molecule has 0 bridgehead atoms. The van der Waals surface area contributed by atoms with E-state index in [1.54, 1.807) is 6.07 Å². The lowest BCUT2D eigenvalue weighted by Gasteiger charge is -2.14. The van der Waals surface area contributed by atoms with Crippen LogP contribution in [-0.2, 0) is 12.6 Å².